The zero-order chi connectivity index (χ0) is 18.8. The molecule has 136 valence electrons. The van der Waals surface area contributed by atoms with Crippen LogP contribution in [0.2, 0.25) is 0 Å². The van der Waals surface area contributed by atoms with Crippen molar-refractivity contribution < 1.29 is 19.0 Å². The minimum absolute atomic E-state index is 0.354. The number of carbonyl (C=O) groups is 1. The smallest absolute Gasteiger partial charge is 0.273 e. The monoisotopic (exact) mass is 354 g/mol. The van der Waals surface area contributed by atoms with Crippen LogP contribution in [0.3, 0.4) is 0 Å². The molecule has 6 nitrogen and oxygen atoms in total. The number of hydrogen-bond acceptors (Lipinski definition) is 5. The Hall–Kier alpha value is -3.12. The molecule has 1 N–H and O–H groups in total. The number of amides is 1. The van der Waals surface area contributed by atoms with Gasteiger partial charge in [-0.05, 0) is 29.3 Å². The summed E-state index contributed by atoms with van der Waals surface area (Å²) >= 11 is 0. The molecule has 0 aromatic heterocycles. The maximum atomic E-state index is 12.3. The molecular formula is C20H22N2O4. The summed E-state index contributed by atoms with van der Waals surface area (Å²) in [7, 11) is 3.04. The molecule has 0 saturated carbocycles. The van der Waals surface area contributed by atoms with Crippen molar-refractivity contribution in [2.75, 3.05) is 20.8 Å². The second kappa shape index (κ2) is 10.0. The maximum Gasteiger partial charge on any atom is 0.273 e. The molecule has 0 bridgehead atoms. The highest BCUT2D eigenvalue weighted by Gasteiger charge is 2.19. The van der Waals surface area contributed by atoms with Crippen LogP contribution in [0.25, 0.3) is 0 Å². The average molecular weight is 354 g/mol. The molecule has 0 aliphatic heterocycles. The summed E-state index contributed by atoms with van der Waals surface area (Å²) in [4.78, 5) is 12.3. The summed E-state index contributed by atoms with van der Waals surface area (Å²) < 4.78 is 16.1. The van der Waals surface area contributed by atoms with Crippen molar-refractivity contribution >= 4 is 12.1 Å². The van der Waals surface area contributed by atoms with Gasteiger partial charge in [0.1, 0.15) is 6.61 Å². The first-order chi connectivity index (χ1) is 12.7. The van der Waals surface area contributed by atoms with E-state index in [9.17, 15) is 4.79 Å². The normalized spacial score (nSPS) is 11.8. The van der Waals surface area contributed by atoms with E-state index in [1.54, 1.807) is 25.3 Å². The van der Waals surface area contributed by atoms with Crippen molar-refractivity contribution in [2.24, 2.45) is 5.10 Å². The van der Waals surface area contributed by atoms with Crippen LogP contribution in [0.15, 0.2) is 66.3 Å². The van der Waals surface area contributed by atoms with Crippen LogP contribution in [0.1, 0.15) is 17.2 Å². The third-order valence-electron chi connectivity index (χ3n) is 3.51. The summed E-state index contributed by atoms with van der Waals surface area (Å²) in [5.41, 5.74) is 4.00. The molecule has 0 saturated heterocycles. The molecule has 0 aliphatic carbocycles. The maximum absolute atomic E-state index is 12.3. The number of benzene rings is 2. The van der Waals surface area contributed by atoms with Crippen molar-refractivity contribution in [1.82, 2.24) is 5.43 Å². The molecule has 6 heteroatoms. The Bertz CT molecular complexity index is 760. The van der Waals surface area contributed by atoms with E-state index >= 15 is 0 Å². The lowest BCUT2D eigenvalue weighted by atomic mass is 10.1. The third kappa shape index (κ3) is 5.19. The first-order valence-electron chi connectivity index (χ1n) is 8.02. The Morgan fingerprint density at radius 1 is 1.19 bits per heavy atom. The van der Waals surface area contributed by atoms with Crippen molar-refractivity contribution in [2.45, 2.75) is 6.10 Å². The quantitative estimate of drug-likeness (QED) is 0.427. The zero-order valence-electron chi connectivity index (χ0n) is 14.8. The largest absolute Gasteiger partial charge is 0.493 e. The molecule has 1 amide bonds. The van der Waals surface area contributed by atoms with Crippen LogP contribution in [-0.2, 0) is 9.53 Å². The van der Waals surface area contributed by atoms with Gasteiger partial charge in [-0.1, -0.05) is 43.0 Å². The molecule has 0 spiro atoms. The number of hydrazone groups is 1. The second-order valence-corrected chi connectivity index (χ2v) is 5.27. The zero-order valence-corrected chi connectivity index (χ0v) is 14.8. The molecule has 0 fully saturated rings. The van der Waals surface area contributed by atoms with Crippen LogP contribution in [-0.4, -0.2) is 32.9 Å². The van der Waals surface area contributed by atoms with Gasteiger partial charge >= 0.3 is 0 Å². The first kappa shape index (κ1) is 19.2. The number of hydrogen-bond donors (Lipinski definition) is 1. The number of nitrogens with zero attached hydrogens (tertiary/aromatic N) is 1. The predicted octanol–water partition coefficient (Wildman–Crippen LogP) is 3.10. The molecule has 0 heterocycles. The number of methoxy groups -OCH3 is 2. The van der Waals surface area contributed by atoms with Gasteiger partial charge < -0.3 is 14.2 Å². The fourth-order valence-electron chi connectivity index (χ4n) is 2.28. The van der Waals surface area contributed by atoms with Crippen molar-refractivity contribution in [3.63, 3.8) is 0 Å². The molecule has 26 heavy (non-hydrogen) atoms. The fourth-order valence-corrected chi connectivity index (χ4v) is 2.28. The Labute approximate surface area is 153 Å². The van der Waals surface area contributed by atoms with Crippen LogP contribution in [0.4, 0.5) is 0 Å². The summed E-state index contributed by atoms with van der Waals surface area (Å²) in [6, 6.07) is 14.6. The predicted molar refractivity (Wildman–Crippen MR) is 101 cm³/mol. The first-order valence-corrected chi connectivity index (χ1v) is 8.02. The summed E-state index contributed by atoms with van der Waals surface area (Å²) in [6.45, 7) is 4.00. The van der Waals surface area contributed by atoms with Crippen LogP contribution in [0, 0.1) is 0 Å². The highest BCUT2D eigenvalue weighted by molar-refractivity contribution is 5.85. The van der Waals surface area contributed by atoms with Gasteiger partial charge in [-0.15, -0.1) is 0 Å². The van der Waals surface area contributed by atoms with E-state index in [1.165, 1.54) is 13.3 Å². The summed E-state index contributed by atoms with van der Waals surface area (Å²) in [5.74, 6) is 0.825. The Morgan fingerprint density at radius 3 is 2.62 bits per heavy atom. The van der Waals surface area contributed by atoms with Gasteiger partial charge in [0.15, 0.2) is 17.6 Å². The SMILES string of the molecule is C=CCOc1ccc(C=NNC(=O)C(OC)c2ccccc2)cc1OC. The van der Waals surface area contributed by atoms with Crippen LogP contribution in [0.5, 0.6) is 11.5 Å². The lowest BCUT2D eigenvalue weighted by Crippen LogP contribution is -2.26. The van der Waals surface area contributed by atoms with E-state index in [4.69, 9.17) is 14.2 Å². The van der Waals surface area contributed by atoms with E-state index < -0.39 is 6.10 Å². The summed E-state index contributed by atoms with van der Waals surface area (Å²) in [5, 5.41) is 3.99. The van der Waals surface area contributed by atoms with Crippen molar-refractivity contribution in [3.8, 4) is 11.5 Å². The number of rotatable bonds is 9. The second-order valence-electron chi connectivity index (χ2n) is 5.27. The molecule has 0 radical (unpaired) electrons. The topological polar surface area (TPSA) is 69.2 Å². The van der Waals surface area contributed by atoms with Crippen molar-refractivity contribution in [3.05, 3.63) is 72.3 Å². The van der Waals surface area contributed by atoms with Gasteiger partial charge in [-0.25, -0.2) is 5.43 Å². The number of ether oxygens (including phenoxy) is 3. The van der Waals surface area contributed by atoms with Crippen molar-refractivity contribution in [1.29, 1.82) is 0 Å². The summed E-state index contributed by atoms with van der Waals surface area (Å²) in [6.07, 6.45) is 2.45. The number of nitrogens with one attached hydrogen (secondary N) is 1. The van der Waals surface area contributed by atoms with Crippen LogP contribution >= 0.6 is 0 Å². The minimum atomic E-state index is -0.724. The molecule has 0 aliphatic rings. The van der Waals surface area contributed by atoms with E-state index in [2.05, 4.69) is 17.1 Å². The Kier molecular flexibility index (Phi) is 7.39. The van der Waals surface area contributed by atoms with Gasteiger partial charge in [0.05, 0.1) is 13.3 Å². The van der Waals surface area contributed by atoms with Gasteiger partial charge in [0.2, 0.25) is 0 Å². The van der Waals surface area contributed by atoms with Gasteiger partial charge in [0.25, 0.3) is 5.91 Å². The van der Waals surface area contributed by atoms with E-state index in [0.29, 0.717) is 18.1 Å². The van der Waals surface area contributed by atoms with E-state index in [-0.39, 0.29) is 5.91 Å². The Balaban J connectivity index is 2.03. The van der Waals surface area contributed by atoms with Gasteiger partial charge in [-0.2, -0.15) is 5.10 Å². The minimum Gasteiger partial charge on any atom is -0.493 e. The fraction of sp³-hybridized carbons (Fsp3) is 0.200. The Morgan fingerprint density at radius 2 is 1.96 bits per heavy atom. The molecule has 1 atom stereocenters. The lowest BCUT2D eigenvalue weighted by molar-refractivity contribution is -0.131. The molecular weight excluding hydrogens is 332 g/mol. The third-order valence-corrected chi connectivity index (χ3v) is 3.51. The van der Waals surface area contributed by atoms with Gasteiger partial charge in [-0.3, -0.25) is 4.79 Å². The van der Waals surface area contributed by atoms with E-state index in [1.807, 2.05) is 36.4 Å². The highest BCUT2D eigenvalue weighted by atomic mass is 16.5. The highest BCUT2D eigenvalue weighted by Crippen LogP contribution is 2.27. The van der Waals surface area contributed by atoms with Crippen LogP contribution < -0.4 is 14.9 Å². The van der Waals surface area contributed by atoms with Gasteiger partial charge in [0, 0.05) is 7.11 Å². The number of carbonyl (C=O) groups excluding carboxylic acids is 1. The lowest BCUT2D eigenvalue weighted by Gasteiger charge is -2.13. The molecule has 2 aromatic rings. The molecule has 2 rings (SSSR count). The standard InChI is InChI=1S/C20H22N2O4/c1-4-12-26-17-11-10-15(13-18(17)24-2)14-21-22-20(23)19(25-3)16-8-6-5-7-9-16/h4-11,13-14,19H,1,12H2,2-3H3,(H,22,23). The average Bonchev–Trinajstić information content (AvgIpc) is 2.68. The molecule has 2 aromatic carbocycles. The van der Waals surface area contributed by atoms with E-state index in [0.717, 1.165) is 11.1 Å². The molecule has 1 unspecified atom stereocenters.